The Morgan fingerprint density at radius 3 is 2.39 bits per heavy atom. The van der Waals surface area contributed by atoms with Crippen LogP contribution in [0.4, 0.5) is 5.69 Å². The minimum absolute atomic E-state index is 0.0728. The van der Waals surface area contributed by atoms with E-state index in [1.165, 1.54) is 24.4 Å². The van der Waals surface area contributed by atoms with Gasteiger partial charge in [-0.1, -0.05) is 23.2 Å². The summed E-state index contributed by atoms with van der Waals surface area (Å²) in [5.74, 6) is 5.79. The lowest BCUT2D eigenvalue weighted by molar-refractivity contribution is 0.480. The average molecular weight is 425 g/mol. The molecule has 3 N–H and O–H groups in total. The molecule has 0 radical (unpaired) electrons. The zero-order valence-electron chi connectivity index (χ0n) is 14.6. The molecule has 146 valence electrons. The summed E-state index contributed by atoms with van der Waals surface area (Å²) in [6, 6.07) is 4.27. The molecule has 12 heteroatoms. The van der Waals surface area contributed by atoms with Crippen molar-refractivity contribution in [1.29, 1.82) is 0 Å². The summed E-state index contributed by atoms with van der Waals surface area (Å²) < 4.78 is 6.97. The molecule has 28 heavy (non-hydrogen) atoms. The van der Waals surface area contributed by atoms with E-state index in [1.807, 2.05) is 0 Å². The first-order valence-corrected chi connectivity index (χ1v) is 8.48. The molecule has 10 nitrogen and oxygen atoms in total. The Bertz CT molecular complexity index is 1210. The zero-order chi connectivity index (χ0) is 20.6. The maximum Gasteiger partial charge on any atom is 0.370 e. The second kappa shape index (κ2) is 7.41. The first-order chi connectivity index (χ1) is 13.2. The van der Waals surface area contributed by atoms with Crippen LogP contribution >= 0.6 is 23.2 Å². The summed E-state index contributed by atoms with van der Waals surface area (Å²) in [4.78, 5) is 39.5. The van der Waals surface area contributed by atoms with Gasteiger partial charge in [0.05, 0.1) is 15.7 Å². The highest BCUT2D eigenvalue weighted by molar-refractivity contribution is 6.37. The van der Waals surface area contributed by atoms with Gasteiger partial charge < -0.3 is 20.5 Å². The van der Waals surface area contributed by atoms with Gasteiger partial charge in [-0.25, -0.2) is 4.79 Å². The lowest BCUT2D eigenvalue weighted by atomic mass is 10.3. The van der Waals surface area contributed by atoms with Crippen LogP contribution in [0.3, 0.4) is 0 Å². The summed E-state index contributed by atoms with van der Waals surface area (Å²) in [6.45, 7) is 0. The number of nitrogen functional groups attached to an aromatic ring is 1. The van der Waals surface area contributed by atoms with Crippen LogP contribution in [0.1, 0.15) is 0 Å². The molecule has 0 saturated heterocycles. The number of hydrogen-bond acceptors (Lipinski definition) is 7. The third-order valence-corrected chi connectivity index (χ3v) is 4.26. The van der Waals surface area contributed by atoms with Crippen molar-refractivity contribution >= 4 is 28.9 Å². The minimum atomic E-state index is -0.871. The number of H-pyrrole nitrogens is 1. The quantitative estimate of drug-likeness (QED) is 0.596. The van der Waals surface area contributed by atoms with E-state index in [-0.39, 0.29) is 27.0 Å². The van der Waals surface area contributed by atoms with Crippen molar-refractivity contribution in [2.45, 2.75) is 0 Å². The van der Waals surface area contributed by atoms with Crippen LogP contribution in [0.5, 0.6) is 11.5 Å². The molecule has 0 bridgehead atoms. The maximum atomic E-state index is 12.1. The van der Waals surface area contributed by atoms with E-state index in [1.54, 1.807) is 19.0 Å². The fourth-order valence-corrected chi connectivity index (χ4v) is 2.87. The second-order valence-electron chi connectivity index (χ2n) is 5.83. The predicted octanol–water partition coefficient (Wildman–Crippen LogP) is 0.961. The maximum absolute atomic E-state index is 12.1. The second-order valence-corrected chi connectivity index (χ2v) is 6.65. The van der Waals surface area contributed by atoms with E-state index in [0.29, 0.717) is 16.1 Å². The molecule has 2 heterocycles. The Morgan fingerprint density at radius 1 is 1.14 bits per heavy atom. The number of rotatable bonds is 4. The number of nitrogens with zero attached hydrogens (tertiary/aromatic N) is 4. The molecule has 0 fully saturated rings. The van der Waals surface area contributed by atoms with Crippen molar-refractivity contribution < 1.29 is 4.74 Å². The van der Waals surface area contributed by atoms with Gasteiger partial charge in [0.1, 0.15) is 17.6 Å². The summed E-state index contributed by atoms with van der Waals surface area (Å²) in [5, 5.41) is 3.88. The molecule has 0 aliphatic rings. The average Bonchev–Trinajstić information content (AvgIpc) is 2.63. The lowest BCUT2D eigenvalue weighted by Gasteiger charge is -2.15. The Hall–Kier alpha value is -3.24. The fraction of sp³-hybridized carbons (Fsp3) is 0.125. The van der Waals surface area contributed by atoms with Gasteiger partial charge in [-0.2, -0.15) is 14.5 Å². The van der Waals surface area contributed by atoms with Crippen molar-refractivity contribution in [2.24, 2.45) is 0 Å². The molecule has 0 amide bonds. The number of halogens is 2. The zero-order valence-corrected chi connectivity index (χ0v) is 16.2. The van der Waals surface area contributed by atoms with Gasteiger partial charge in [-0.15, -0.1) is 0 Å². The molecule has 0 spiro atoms. The van der Waals surface area contributed by atoms with Gasteiger partial charge >= 0.3 is 5.69 Å². The summed E-state index contributed by atoms with van der Waals surface area (Å²) in [6.07, 6.45) is 2.25. The third-order valence-electron chi connectivity index (χ3n) is 3.69. The van der Waals surface area contributed by atoms with Gasteiger partial charge in [-0.05, 0) is 12.1 Å². The van der Waals surface area contributed by atoms with Crippen molar-refractivity contribution in [3.8, 4) is 17.2 Å². The lowest BCUT2D eigenvalue weighted by Crippen LogP contribution is -2.44. The fourth-order valence-electron chi connectivity index (χ4n) is 2.32. The van der Waals surface area contributed by atoms with Gasteiger partial charge in [0.2, 0.25) is 0 Å². The highest BCUT2D eigenvalue weighted by atomic mass is 35.5. The normalized spacial score (nSPS) is 10.7. The van der Waals surface area contributed by atoms with E-state index >= 15 is 0 Å². The molecule has 0 unspecified atom stereocenters. The molecule has 0 aliphatic heterocycles. The molecule has 0 saturated carbocycles. The van der Waals surface area contributed by atoms with Gasteiger partial charge in [0.15, 0.2) is 5.75 Å². The molecule has 1 aromatic carbocycles. The Morgan fingerprint density at radius 2 is 1.79 bits per heavy atom. The van der Waals surface area contributed by atoms with E-state index in [0.717, 1.165) is 10.9 Å². The monoisotopic (exact) mass is 424 g/mol. The number of nitrogens with two attached hydrogens (primary N) is 1. The first kappa shape index (κ1) is 19.5. The highest BCUT2D eigenvalue weighted by Gasteiger charge is 2.15. The van der Waals surface area contributed by atoms with Gasteiger partial charge in [-0.3, -0.25) is 9.59 Å². The number of aromatic amines is 1. The van der Waals surface area contributed by atoms with E-state index in [2.05, 4.69) is 10.1 Å². The first-order valence-electron chi connectivity index (χ1n) is 7.73. The number of pyridine rings is 1. The summed E-state index contributed by atoms with van der Waals surface area (Å²) in [5.41, 5.74) is -1.35. The summed E-state index contributed by atoms with van der Waals surface area (Å²) >= 11 is 12.5. The van der Waals surface area contributed by atoms with Crippen LogP contribution in [-0.4, -0.2) is 33.5 Å². The van der Waals surface area contributed by atoms with E-state index in [4.69, 9.17) is 33.8 Å². The molecule has 0 atom stereocenters. The molecular formula is C16H14Cl2N6O4. The number of benzene rings is 1. The van der Waals surface area contributed by atoms with Crippen LogP contribution in [-0.2, 0) is 0 Å². The Kier molecular flexibility index (Phi) is 5.16. The van der Waals surface area contributed by atoms with Crippen LogP contribution < -0.4 is 32.3 Å². The predicted molar refractivity (Wildman–Crippen MR) is 106 cm³/mol. The van der Waals surface area contributed by atoms with Gasteiger partial charge in [0.25, 0.3) is 11.1 Å². The Balaban J connectivity index is 2.03. The van der Waals surface area contributed by atoms with Crippen molar-refractivity contribution in [2.75, 3.05) is 24.8 Å². The Labute approximate surface area is 167 Å². The minimum Gasteiger partial charge on any atom is -0.453 e. The summed E-state index contributed by atoms with van der Waals surface area (Å²) in [7, 11) is 3.43. The topological polar surface area (TPSA) is 128 Å². The SMILES string of the molecule is CN(C)c1cc(Oc2c(Cl)cc(-n3ncc(=O)n(N)c3=O)cc2Cl)c[nH]c1=O. The largest absolute Gasteiger partial charge is 0.453 e. The van der Waals surface area contributed by atoms with Crippen LogP contribution in [0.25, 0.3) is 5.69 Å². The standard InChI is InChI=1S/C16H14Cl2N6O4/c1-22(2)12-5-9(6-20-15(12)26)28-14-10(17)3-8(4-11(14)18)24-16(27)23(19)13(25)7-21-24/h3-7H,19H2,1-2H3,(H,20,26). The van der Waals surface area contributed by atoms with Crippen LogP contribution in [0.2, 0.25) is 10.0 Å². The molecule has 3 rings (SSSR count). The van der Waals surface area contributed by atoms with Crippen molar-refractivity contribution in [3.05, 3.63) is 71.8 Å². The molecule has 0 aliphatic carbocycles. The number of hydrogen-bond donors (Lipinski definition) is 2. The smallest absolute Gasteiger partial charge is 0.370 e. The molecule has 3 aromatic rings. The van der Waals surface area contributed by atoms with E-state index < -0.39 is 11.2 Å². The highest BCUT2D eigenvalue weighted by Crippen LogP contribution is 2.38. The van der Waals surface area contributed by atoms with Gasteiger partial charge in [0, 0.05) is 26.4 Å². The van der Waals surface area contributed by atoms with Crippen LogP contribution in [0, 0.1) is 0 Å². The number of anilines is 1. The number of aromatic nitrogens is 4. The number of ether oxygens (including phenoxy) is 1. The van der Waals surface area contributed by atoms with Crippen LogP contribution in [0.15, 0.2) is 45.0 Å². The number of nitrogens with one attached hydrogen (secondary N) is 1. The molecular weight excluding hydrogens is 411 g/mol. The van der Waals surface area contributed by atoms with E-state index in [9.17, 15) is 14.4 Å². The van der Waals surface area contributed by atoms with Crippen molar-refractivity contribution in [3.63, 3.8) is 0 Å². The third kappa shape index (κ3) is 3.59. The molecule has 2 aromatic heterocycles. The van der Waals surface area contributed by atoms with Crippen molar-refractivity contribution in [1.82, 2.24) is 19.4 Å².